The third-order valence-corrected chi connectivity index (χ3v) is 2.72. The third-order valence-electron chi connectivity index (χ3n) is 2.00. The second kappa shape index (κ2) is 7.50. The number of carbonyl (C=O) groups is 1. The van der Waals surface area contributed by atoms with Crippen molar-refractivity contribution in [2.75, 3.05) is 20.4 Å². The van der Waals surface area contributed by atoms with E-state index in [4.69, 9.17) is 0 Å². The molecule has 0 radical (unpaired) electrons. The number of carbonyl (C=O) groups excluding carboxylic acids is 1. The Labute approximate surface area is 111 Å². The molecule has 0 aliphatic heterocycles. The van der Waals surface area contributed by atoms with Crippen LogP contribution in [0.4, 0.5) is 4.79 Å². The monoisotopic (exact) mass is 265 g/mol. The van der Waals surface area contributed by atoms with E-state index < -0.39 is 6.09 Å². The highest BCUT2D eigenvalue weighted by atomic mass is 32.2. The first-order valence-electron chi connectivity index (χ1n) is 5.20. The van der Waals surface area contributed by atoms with Gasteiger partial charge in [-0.05, 0) is 11.8 Å². The highest BCUT2D eigenvalue weighted by molar-refractivity contribution is 8.13. The molecule has 0 aliphatic carbocycles. The Morgan fingerprint density at radius 1 is 1.39 bits per heavy atom. The van der Waals surface area contributed by atoms with Gasteiger partial charge in [0, 0.05) is 7.05 Å². The van der Waals surface area contributed by atoms with Gasteiger partial charge < -0.3 is 4.74 Å². The molecule has 0 heterocycles. The zero-order valence-electron chi connectivity index (χ0n) is 10.5. The summed E-state index contributed by atoms with van der Waals surface area (Å²) < 4.78 is 4.48. The number of thioether (sulfide) groups is 1. The van der Waals surface area contributed by atoms with Crippen molar-refractivity contribution in [3.63, 3.8) is 0 Å². The largest absolute Gasteiger partial charge is 0.451 e. The molecule has 1 aromatic rings. The van der Waals surface area contributed by atoms with Gasteiger partial charge in [0.05, 0.1) is 13.3 Å². The molecule has 18 heavy (non-hydrogen) atoms. The summed E-state index contributed by atoms with van der Waals surface area (Å²) in [6.07, 6.45) is 2.88. The van der Waals surface area contributed by atoms with Crippen LogP contribution in [-0.2, 0) is 4.74 Å². The van der Waals surface area contributed by atoms with Crippen LogP contribution in [0.1, 0.15) is 5.56 Å². The molecule has 1 aromatic carbocycles. The van der Waals surface area contributed by atoms with Crippen LogP contribution in [0.15, 0.2) is 40.4 Å². The quantitative estimate of drug-likeness (QED) is 0.468. The second-order valence-electron chi connectivity index (χ2n) is 3.25. The number of hydrazone groups is 1. The molecule has 0 spiro atoms. The first-order chi connectivity index (χ1) is 8.67. The fourth-order valence-electron chi connectivity index (χ4n) is 1.12. The zero-order chi connectivity index (χ0) is 13.4. The minimum atomic E-state index is -0.638. The Morgan fingerprint density at radius 2 is 2.06 bits per heavy atom. The van der Waals surface area contributed by atoms with Crippen LogP contribution in [0.5, 0.6) is 0 Å². The average molecular weight is 265 g/mol. The number of amides is 1. The predicted octanol–water partition coefficient (Wildman–Crippen LogP) is 2.44. The summed E-state index contributed by atoms with van der Waals surface area (Å²) in [5, 5.41) is 6.19. The average Bonchev–Trinajstić information content (AvgIpc) is 2.42. The van der Waals surface area contributed by atoms with E-state index in [1.54, 1.807) is 13.3 Å². The lowest BCUT2D eigenvalue weighted by Crippen LogP contribution is -2.19. The van der Waals surface area contributed by atoms with Crippen LogP contribution in [0.2, 0.25) is 0 Å². The molecule has 0 unspecified atom stereocenters. The Bertz CT molecular complexity index is 446. The molecule has 0 aromatic heterocycles. The Hall–Kier alpha value is -1.82. The van der Waals surface area contributed by atoms with Gasteiger partial charge in [-0.15, -0.1) is 4.99 Å². The van der Waals surface area contributed by atoms with Gasteiger partial charge in [-0.3, -0.25) is 0 Å². The number of hydrogen-bond acceptors (Lipinski definition) is 4. The molecule has 0 saturated heterocycles. The van der Waals surface area contributed by atoms with Gasteiger partial charge in [-0.1, -0.05) is 42.1 Å². The number of hydrogen-bond donors (Lipinski definition) is 0. The molecular formula is C12H15N3O2S. The maximum atomic E-state index is 11.1. The summed E-state index contributed by atoms with van der Waals surface area (Å²) in [6, 6.07) is 9.67. The molecule has 0 aliphatic rings. The summed E-state index contributed by atoms with van der Waals surface area (Å²) in [5.74, 6) is 0. The molecule has 0 saturated carbocycles. The van der Waals surface area contributed by atoms with E-state index in [1.807, 2.05) is 36.6 Å². The molecule has 1 rings (SSSR count). The summed E-state index contributed by atoms with van der Waals surface area (Å²) in [7, 11) is 3.01. The summed E-state index contributed by atoms with van der Waals surface area (Å²) in [5.41, 5.74) is 0.975. The fraction of sp³-hybridized carbons (Fsp3) is 0.250. The molecule has 1 amide bonds. The molecular weight excluding hydrogens is 250 g/mol. The van der Waals surface area contributed by atoms with E-state index in [0.717, 1.165) is 5.56 Å². The molecule has 96 valence electrons. The number of nitrogens with zero attached hydrogens (tertiary/aromatic N) is 3. The van der Waals surface area contributed by atoms with Gasteiger partial charge in [0.25, 0.3) is 0 Å². The van der Waals surface area contributed by atoms with Gasteiger partial charge in [-0.25, -0.2) is 9.80 Å². The molecule has 5 nitrogen and oxygen atoms in total. The van der Waals surface area contributed by atoms with Crippen molar-refractivity contribution >= 4 is 29.2 Å². The lowest BCUT2D eigenvalue weighted by atomic mass is 10.2. The number of benzene rings is 1. The van der Waals surface area contributed by atoms with Gasteiger partial charge >= 0.3 is 6.09 Å². The number of aliphatic imine (C=N–C) groups is 1. The van der Waals surface area contributed by atoms with Crippen molar-refractivity contribution in [1.82, 2.24) is 5.01 Å². The molecule has 0 atom stereocenters. The Kier molecular flexibility index (Phi) is 5.93. The Balaban J connectivity index is 2.74. The predicted molar refractivity (Wildman–Crippen MR) is 75.2 cm³/mol. The van der Waals surface area contributed by atoms with Crippen molar-refractivity contribution in [2.45, 2.75) is 0 Å². The van der Waals surface area contributed by atoms with Crippen molar-refractivity contribution in [2.24, 2.45) is 10.1 Å². The maximum Gasteiger partial charge on any atom is 0.435 e. The first-order valence-corrected chi connectivity index (χ1v) is 6.43. The third kappa shape index (κ3) is 4.58. The fourth-order valence-corrected chi connectivity index (χ4v) is 1.59. The van der Waals surface area contributed by atoms with Crippen LogP contribution >= 0.6 is 11.8 Å². The van der Waals surface area contributed by atoms with Crippen molar-refractivity contribution in [1.29, 1.82) is 0 Å². The lowest BCUT2D eigenvalue weighted by Gasteiger charge is -2.12. The van der Waals surface area contributed by atoms with Crippen molar-refractivity contribution < 1.29 is 9.53 Å². The normalized spacial score (nSPS) is 11.6. The summed E-state index contributed by atoms with van der Waals surface area (Å²) in [4.78, 5) is 14.8. The molecule has 0 bridgehead atoms. The number of rotatable bonds is 2. The number of amidine groups is 1. The van der Waals surface area contributed by atoms with Gasteiger partial charge in [0.1, 0.15) is 0 Å². The van der Waals surface area contributed by atoms with E-state index in [-0.39, 0.29) is 0 Å². The van der Waals surface area contributed by atoms with E-state index in [9.17, 15) is 4.79 Å². The molecule has 0 fully saturated rings. The highest BCUT2D eigenvalue weighted by Crippen LogP contribution is 2.05. The van der Waals surface area contributed by atoms with Crippen LogP contribution in [0, 0.1) is 0 Å². The van der Waals surface area contributed by atoms with Crippen LogP contribution in [0.3, 0.4) is 0 Å². The highest BCUT2D eigenvalue weighted by Gasteiger charge is 2.06. The number of methoxy groups -OCH3 is 1. The van der Waals surface area contributed by atoms with Crippen molar-refractivity contribution in [3.8, 4) is 0 Å². The standard InChI is InChI=1S/C12H15N3O2S/c1-15(11(18-3)14-12(16)17-2)13-9-10-7-5-4-6-8-10/h4-9H,1-3H3. The van der Waals surface area contributed by atoms with Crippen LogP contribution in [0.25, 0.3) is 0 Å². The van der Waals surface area contributed by atoms with E-state index in [0.29, 0.717) is 5.17 Å². The minimum Gasteiger partial charge on any atom is -0.451 e. The first kappa shape index (κ1) is 14.2. The van der Waals surface area contributed by atoms with Gasteiger partial charge in [0.15, 0.2) is 5.17 Å². The van der Waals surface area contributed by atoms with Crippen LogP contribution in [-0.4, -0.2) is 42.9 Å². The van der Waals surface area contributed by atoms with Crippen molar-refractivity contribution in [3.05, 3.63) is 35.9 Å². The smallest absolute Gasteiger partial charge is 0.435 e. The van der Waals surface area contributed by atoms with Crippen LogP contribution < -0.4 is 0 Å². The SMILES string of the molecule is COC(=O)N=C(SC)N(C)N=Cc1ccccc1. The molecule has 0 N–H and O–H groups in total. The lowest BCUT2D eigenvalue weighted by molar-refractivity contribution is 0.182. The topological polar surface area (TPSA) is 54.3 Å². The number of ether oxygens (including phenoxy) is 1. The second-order valence-corrected chi connectivity index (χ2v) is 4.02. The summed E-state index contributed by atoms with van der Waals surface area (Å²) >= 11 is 1.32. The molecule has 6 heteroatoms. The minimum absolute atomic E-state index is 0.467. The van der Waals surface area contributed by atoms with Gasteiger partial charge in [0.2, 0.25) is 0 Å². The maximum absolute atomic E-state index is 11.1. The summed E-state index contributed by atoms with van der Waals surface area (Å²) in [6.45, 7) is 0. The van der Waals surface area contributed by atoms with Gasteiger partial charge in [-0.2, -0.15) is 5.10 Å². The van der Waals surface area contributed by atoms with E-state index in [1.165, 1.54) is 23.9 Å². The Morgan fingerprint density at radius 3 is 2.61 bits per heavy atom. The zero-order valence-corrected chi connectivity index (χ0v) is 11.3. The van der Waals surface area contributed by atoms with E-state index in [2.05, 4.69) is 14.8 Å². The van der Waals surface area contributed by atoms with E-state index >= 15 is 0 Å².